The van der Waals surface area contributed by atoms with Gasteiger partial charge < -0.3 is 5.73 Å². The maximum absolute atomic E-state index is 9.24. The maximum atomic E-state index is 9.24. The summed E-state index contributed by atoms with van der Waals surface area (Å²) in [5.41, 5.74) is 7.58. The minimum absolute atomic E-state index is 0.261. The highest BCUT2D eigenvalue weighted by atomic mass is 15.3. The van der Waals surface area contributed by atoms with Crippen molar-refractivity contribution >= 4 is 5.82 Å². The Labute approximate surface area is 102 Å². The zero-order valence-corrected chi connectivity index (χ0v) is 10.6. The van der Waals surface area contributed by atoms with Gasteiger partial charge >= 0.3 is 0 Å². The summed E-state index contributed by atoms with van der Waals surface area (Å²) in [6.45, 7) is 4.19. The first-order valence-electron chi connectivity index (χ1n) is 6.47. The molecule has 1 fully saturated rings. The van der Waals surface area contributed by atoms with Gasteiger partial charge in [0.05, 0.1) is 11.7 Å². The maximum Gasteiger partial charge on any atom is 0.140 e. The topological polar surface area (TPSA) is 67.6 Å². The summed E-state index contributed by atoms with van der Waals surface area (Å²) in [4.78, 5) is 0. The first-order valence-corrected chi connectivity index (χ1v) is 6.47. The molecule has 2 rings (SSSR count). The van der Waals surface area contributed by atoms with E-state index >= 15 is 0 Å². The molecule has 1 aliphatic rings. The van der Waals surface area contributed by atoms with Gasteiger partial charge in [-0.1, -0.05) is 19.8 Å². The van der Waals surface area contributed by atoms with Crippen molar-refractivity contribution in [2.75, 3.05) is 5.73 Å². The van der Waals surface area contributed by atoms with Gasteiger partial charge in [-0.15, -0.1) is 0 Å². The molecule has 1 aliphatic carbocycles. The van der Waals surface area contributed by atoms with Crippen molar-refractivity contribution in [3.8, 4) is 6.07 Å². The average molecular weight is 232 g/mol. The summed E-state index contributed by atoms with van der Waals surface area (Å²) in [7, 11) is 0. The van der Waals surface area contributed by atoms with Gasteiger partial charge in [0.1, 0.15) is 17.5 Å². The highest BCUT2D eigenvalue weighted by molar-refractivity contribution is 5.53. The fourth-order valence-electron chi connectivity index (χ4n) is 2.57. The van der Waals surface area contributed by atoms with Crippen LogP contribution in [0.2, 0.25) is 0 Å². The Morgan fingerprint density at radius 2 is 2.18 bits per heavy atom. The minimum atomic E-state index is 0.261. The van der Waals surface area contributed by atoms with Crippen LogP contribution < -0.4 is 5.73 Å². The van der Waals surface area contributed by atoms with Gasteiger partial charge in [0, 0.05) is 5.92 Å². The van der Waals surface area contributed by atoms with Gasteiger partial charge in [0.15, 0.2) is 0 Å². The van der Waals surface area contributed by atoms with E-state index in [2.05, 4.69) is 25.0 Å². The molecule has 92 valence electrons. The molecule has 0 radical (unpaired) electrons. The summed E-state index contributed by atoms with van der Waals surface area (Å²) in [5.74, 6) is 0.987. The molecular weight excluding hydrogens is 212 g/mol. The summed E-state index contributed by atoms with van der Waals surface area (Å²) in [6.07, 6.45) is 5.75. The first-order chi connectivity index (χ1) is 8.19. The molecule has 1 aromatic rings. The molecule has 0 aliphatic heterocycles. The molecule has 1 heterocycles. The lowest BCUT2D eigenvalue weighted by Crippen LogP contribution is -2.09. The van der Waals surface area contributed by atoms with Crippen molar-refractivity contribution in [2.24, 2.45) is 0 Å². The third-order valence-electron chi connectivity index (χ3n) is 3.84. The van der Waals surface area contributed by atoms with Crippen molar-refractivity contribution < 1.29 is 0 Å². The van der Waals surface area contributed by atoms with Gasteiger partial charge in [0.2, 0.25) is 0 Å². The van der Waals surface area contributed by atoms with Gasteiger partial charge in [-0.25, -0.2) is 4.68 Å². The molecule has 1 atom stereocenters. The lowest BCUT2D eigenvalue weighted by molar-refractivity contribution is 0.475. The van der Waals surface area contributed by atoms with Gasteiger partial charge in [-0.05, 0) is 26.2 Å². The lowest BCUT2D eigenvalue weighted by Gasteiger charge is -2.10. The Bertz CT molecular complexity index is 435. The predicted molar refractivity (Wildman–Crippen MR) is 67.6 cm³/mol. The lowest BCUT2D eigenvalue weighted by atomic mass is 10.0. The second kappa shape index (κ2) is 4.79. The molecule has 0 bridgehead atoms. The van der Waals surface area contributed by atoms with Crippen molar-refractivity contribution in [1.82, 2.24) is 9.78 Å². The number of nitrogen functional groups attached to an aromatic ring is 1. The van der Waals surface area contributed by atoms with Crippen LogP contribution in [0.15, 0.2) is 0 Å². The number of hydrogen-bond acceptors (Lipinski definition) is 3. The van der Waals surface area contributed by atoms with Crippen LogP contribution in [0.3, 0.4) is 0 Å². The monoisotopic (exact) mass is 232 g/mol. The van der Waals surface area contributed by atoms with Gasteiger partial charge in [0.25, 0.3) is 0 Å². The molecule has 0 saturated heterocycles. The largest absolute Gasteiger partial charge is 0.383 e. The molecule has 1 saturated carbocycles. The Balaban J connectivity index is 2.41. The quantitative estimate of drug-likeness (QED) is 0.871. The molecule has 2 N–H and O–H groups in total. The molecule has 0 aromatic carbocycles. The number of anilines is 1. The van der Waals surface area contributed by atoms with Crippen LogP contribution in [0, 0.1) is 11.3 Å². The molecule has 0 unspecified atom stereocenters. The van der Waals surface area contributed by atoms with Gasteiger partial charge in [-0.3, -0.25) is 0 Å². The summed E-state index contributed by atoms with van der Waals surface area (Å²) in [5, 5.41) is 13.8. The summed E-state index contributed by atoms with van der Waals surface area (Å²) < 4.78 is 1.83. The van der Waals surface area contributed by atoms with Crippen LogP contribution in [0.25, 0.3) is 0 Å². The van der Waals surface area contributed by atoms with E-state index in [1.807, 2.05) is 4.68 Å². The van der Waals surface area contributed by atoms with E-state index in [-0.39, 0.29) is 6.04 Å². The standard InChI is InChI=1S/C13H20N4/c1-3-9(2)17-13(15)11(8-14)12(16-17)10-6-4-5-7-10/h9-10H,3-7,15H2,1-2H3/t9-/m1/s1. The first kappa shape index (κ1) is 12.0. The summed E-state index contributed by atoms with van der Waals surface area (Å²) in [6, 6.07) is 2.49. The third-order valence-corrected chi connectivity index (χ3v) is 3.84. The van der Waals surface area contributed by atoms with E-state index in [0.717, 1.165) is 25.0 Å². The average Bonchev–Trinajstić information content (AvgIpc) is 2.95. The second-order valence-electron chi connectivity index (χ2n) is 4.94. The second-order valence-corrected chi connectivity index (χ2v) is 4.94. The van der Waals surface area contributed by atoms with Crippen LogP contribution in [0.5, 0.6) is 0 Å². The van der Waals surface area contributed by atoms with Crippen LogP contribution in [-0.4, -0.2) is 9.78 Å². The van der Waals surface area contributed by atoms with Crippen molar-refractivity contribution in [3.05, 3.63) is 11.3 Å². The fraction of sp³-hybridized carbons (Fsp3) is 0.692. The Morgan fingerprint density at radius 3 is 2.71 bits per heavy atom. The zero-order valence-electron chi connectivity index (χ0n) is 10.6. The Kier molecular flexibility index (Phi) is 3.37. The van der Waals surface area contributed by atoms with Crippen molar-refractivity contribution in [1.29, 1.82) is 5.26 Å². The Hall–Kier alpha value is -1.50. The van der Waals surface area contributed by atoms with E-state index in [4.69, 9.17) is 5.73 Å². The molecule has 0 spiro atoms. The van der Waals surface area contributed by atoms with E-state index in [0.29, 0.717) is 17.3 Å². The fourth-order valence-corrected chi connectivity index (χ4v) is 2.57. The zero-order chi connectivity index (χ0) is 12.4. The number of aromatic nitrogens is 2. The van der Waals surface area contributed by atoms with Gasteiger partial charge in [-0.2, -0.15) is 10.4 Å². The number of nitrogens with two attached hydrogens (primary N) is 1. The van der Waals surface area contributed by atoms with E-state index in [1.165, 1.54) is 12.8 Å². The molecular formula is C13H20N4. The smallest absolute Gasteiger partial charge is 0.140 e. The molecule has 1 aromatic heterocycles. The van der Waals surface area contributed by atoms with E-state index < -0.39 is 0 Å². The highest BCUT2D eigenvalue weighted by Gasteiger charge is 2.26. The van der Waals surface area contributed by atoms with Crippen molar-refractivity contribution in [2.45, 2.75) is 57.9 Å². The number of rotatable bonds is 3. The minimum Gasteiger partial charge on any atom is -0.383 e. The molecule has 17 heavy (non-hydrogen) atoms. The number of hydrogen-bond donors (Lipinski definition) is 1. The predicted octanol–water partition coefficient (Wildman–Crippen LogP) is 2.97. The van der Waals surface area contributed by atoms with Crippen LogP contribution in [0.1, 0.15) is 69.2 Å². The third kappa shape index (κ3) is 2.02. The molecule has 0 amide bonds. The number of nitriles is 1. The summed E-state index contributed by atoms with van der Waals surface area (Å²) >= 11 is 0. The van der Waals surface area contributed by atoms with Crippen LogP contribution in [0.4, 0.5) is 5.82 Å². The number of nitrogens with zero attached hydrogens (tertiary/aromatic N) is 3. The van der Waals surface area contributed by atoms with E-state index in [1.54, 1.807) is 0 Å². The van der Waals surface area contributed by atoms with Crippen molar-refractivity contribution in [3.63, 3.8) is 0 Å². The molecule has 4 heteroatoms. The van der Waals surface area contributed by atoms with Crippen LogP contribution >= 0.6 is 0 Å². The Morgan fingerprint density at radius 1 is 1.53 bits per heavy atom. The highest BCUT2D eigenvalue weighted by Crippen LogP contribution is 2.37. The van der Waals surface area contributed by atoms with E-state index in [9.17, 15) is 5.26 Å². The van der Waals surface area contributed by atoms with Crippen LogP contribution in [-0.2, 0) is 0 Å². The SMILES string of the molecule is CC[C@@H](C)n1nc(C2CCCC2)c(C#N)c1N. The normalized spacial score (nSPS) is 18.2. The molecule has 4 nitrogen and oxygen atoms in total.